The quantitative estimate of drug-likeness (QED) is 0.649. The average molecular weight is 347 g/mol. The molecule has 0 aliphatic carbocycles. The fraction of sp³-hybridized carbons (Fsp3) is 0.667. The molecule has 0 saturated heterocycles. The van der Waals surface area contributed by atoms with Crippen LogP contribution < -0.4 is 10.6 Å². The van der Waals surface area contributed by atoms with Gasteiger partial charge in [0.2, 0.25) is 8.92 Å². The van der Waals surface area contributed by atoms with Crippen molar-refractivity contribution in [1.29, 1.82) is 0 Å². The van der Waals surface area contributed by atoms with Gasteiger partial charge in [0.15, 0.2) is 6.17 Å². The van der Waals surface area contributed by atoms with Crippen LogP contribution >= 0.6 is 46.1 Å². The van der Waals surface area contributed by atoms with Crippen LogP contribution in [0, 0.1) is 0 Å². The predicted molar refractivity (Wildman–Crippen MR) is 79.2 cm³/mol. The van der Waals surface area contributed by atoms with Gasteiger partial charge in [-0.25, -0.2) is 4.79 Å². The van der Waals surface area contributed by atoms with Gasteiger partial charge in [-0.05, 0) is 6.42 Å². The van der Waals surface area contributed by atoms with Crippen molar-refractivity contribution >= 4 is 57.3 Å². The Bertz CT molecular complexity index is 434. The number of amides is 2. The van der Waals surface area contributed by atoms with E-state index in [9.17, 15) is 4.79 Å². The van der Waals surface area contributed by atoms with Gasteiger partial charge in [-0.2, -0.15) is 0 Å². The molecule has 1 aromatic rings. The van der Waals surface area contributed by atoms with Crippen molar-refractivity contribution in [3.8, 4) is 0 Å². The smallest absolute Gasteiger partial charge is 0.318 e. The van der Waals surface area contributed by atoms with Crippen molar-refractivity contribution in [2.75, 3.05) is 19.4 Å². The van der Waals surface area contributed by atoms with Crippen molar-refractivity contribution in [3.63, 3.8) is 0 Å². The maximum Gasteiger partial charge on any atom is 0.318 e. The highest BCUT2D eigenvalue weighted by Crippen LogP contribution is 2.31. The highest BCUT2D eigenvalue weighted by Gasteiger charge is 2.35. The minimum atomic E-state index is -1.72. The van der Waals surface area contributed by atoms with Gasteiger partial charge in [0, 0.05) is 14.1 Å². The van der Waals surface area contributed by atoms with Crippen molar-refractivity contribution < 1.29 is 4.79 Å². The number of anilines is 1. The molecule has 1 rings (SSSR count). The van der Waals surface area contributed by atoms with E-state index in [2.05, 4.69) is 20.8 Å². The second kappa shape index (κ2) is 6.78. The summed E-state index contributed by atoms with van der Waals surface area (Å²) in [6.07, 6.45) is -0.146. The number of nitrogens with one attached hydrogen (secondary N) is 2. The van der Waals surface area contributed by atoms with Crippen molar-refractivity contribution in [1.82, 2.24) is 20.4 Å². The molecule has 10 heteroatoms. The SMILES string of the molecule is CCc1nnc(N[C@H](NC(=O)N(C)C)C(Cl)(Cl)Cl)s1. The van der Waals surface area contributed by atoms with Crippen LogP contribution in [0.4, 0.5) is 9.93 Å². The minimum absolute atomic E-state index is 0.385. The van der Waals surface area contributed by atoms with Crippen molar-refractivity contribution in [3.05, 3.63) is 5.01 Å². The Labute approximate surface area is 130 Å². The lowest BCUT2D eigenvalue weighted by atomic mass is 10.5. The summed E-state index contributed by atoms with van der Waals surface area (Å²) in [7, 11) is 3.18. The maximum atomic E-state index is 11.6. The summed E-state index contributed by atoms with van der Waals surface area (Å²) in [6, 6.07) is -0.385. The Kier molecular flexibility index (Phi) is 5.91. The molecule has 0 bridgehead atoms. The van der Waals surface area contributed by atoms with E-state index in [1.165, 1.54) is 16.2 Å². The Morgan fingerprint density at radius 2 is 2.05 bits per heavy atom. The summed E-state index contributed by atoms with van der Waals surface area (Å²) < 4.78 is -1.72. The standard InChI is InChI=1S/C9H14Cl3N5OS/c1-4-5-15-16-7(19-5)13-6(9(10,11)12)14-8(18)17(2)3/h6H,4H2,1-3H3,(H,13,16)(H,14,18)/t6-/m1/s1. The molecule has 2 amide bonds. The summed E-state index contributed by atoms with van der Waals surface area (Å²) in [5.74, 6) is 0. The number of hydrogen-bond donors (Lipinski definition) is 2. The zero-order valence-electron chi connectivity index (χ0n) is 10.6. The van der Waals surface area contributed by atoms with Crippen LogP contribution in [-0.2, 0) is 6.42 Å². The lowest BCUT2D eigenvalue weighted by molar-refractivity contribution is 0.214. The molecular formula is C9H14Cl3N5OS. The normalized spacial score (nSPS) is 12.9. The third kappa shape index (κ3) is 5.18. The fourth-order valence-electron chi connectivity index (χ4n) is 1.03. The Hall–Kier alpha value is -0.500. The van der Waals surface area contributed by atoms with E-state index in [1.54, 1.807) is 14.1 Å². The summed E-state index contributed by atoms with van der Waals surface area (Å²) in [5, 5.41) is 14.6. The largest absolute Gasteiger partial charge is 0.336 e. The van der Waals surface area contributed by atoms with Gasteiger partial charge >= 0.3 is 6.03 Å². The lowest BCUT2D eigenvalue weighted by Gasteiger charge is -2.27. The van der Waals surface area contributed by atoms with Gasteiger partial charge in [0.05, 0.1) is 0 Å². The van der Waals surface area contributed by atoms with Crippen LogP contribution in [-0.4, -0.2) is 45.2 Å². The molecule has 0 aliphatic heterocycles. The summed E-state index contributed by atoms with van der Waals surface area (Å²) in [6.45, 7) is 1.96. The molecule has 0 fully saturated rings. The van der Waals surface area contributed by atoms with Gasteiger partial charge in [-0.1, -0.05) is 53.1 Å². The number of carbonyl (C=O) groups excluding carboxylic acids is 1. The first kappa shape index (κ1) is 16.6. The second-order valence-corrected chi connectivity index (χ2v) is 7.25. The molecule has 19 heavy (non-hydrogen) atoms. The topological polar surface area (TPSA) is 70.1 Å². The summed E-state index contributed by atoms with van der Waals surface area (Å²) in [4.78, 5) is 13.0. The van der Waals surface area contributed by atoms with Crippen LogP contribution in [0.5, 0.6) is 0 Å². The first-order valence-corrected chi connectivity index (χ1v) is 7.32. The Balaban J connectivity index is 2.78. The summed E-state index contributed by atoms with van der Waals surface area (Å²) in [5.41, 5.74) is 0. The van der Waals surface area contributed by atoms with Gasteiger partial charge in [0.25, 0.3) is 0 Å². The minimum Gasteiger partial charge on any atom is -0.336 e. The number of aryl methyl sites for hydroxylation is 1. The molecule has 108 valence electrons. The van der Waals surface area contributed by atoms with Gasteiger partial charge in [-0.15, -0.1) is 10.2 Å². The highest BCUT2D eigenvalue weighted by molar-refractivity contribution is 7.15. The average Bonchev–Trinajstić information content (AvgIpc) is 2.74. The maximum absolute atomic E-state index is 11.6. The van der Waals surface area contributed by atoms with E-state index in [-0.39, 0.29) is 6.03 Å². The molecule has 0 spiro atoms. The first-order chi connectivity index (χ1) is 8.74. The van der Waals surface area contributed by atoms with E-state index in [1.807, 2.05) is 6.92 Å². The third-order valence-electron chi connectivity index (χ3n) is 2.04. The molecular weight excluding hydrogens is 333 g/mol. The van der Waals surface area contributed by atoms with Crippen molar-refractivity contribution in [2.45, 2.75) is 23.3 Å². The van der Waals surface area contributed by atoms with Crippen LogP contribution in [0.15, 0.2) is 0 Å². The number of rotatable bonds is 4. The monoisotopic (exact) mass is 345 g/mol. The highest BCUT2D eigenvalue weighted by atomic mass is 35.6. The fourth-order valence-corrected chi connectivity index (χ4v) is 2.07. The lowest BCUT2D eigenvalue weighted by Crippen LogP contribution is -2.52. The van der Waals surface area contributed by atoms with Crippen LogP contribution in [0.2, 0.25) is 0 Å². The number of carbonyl (C=O) groups is 1. The third-order valence-corrected chi connectivity index (χ3v) is 3.69. The van der Waals surface area contributed by atoms with E-state index in [4.69, 9.17) is 34.8 Å². The van der Waals surface area contributed by atoms with E-state index in [0.717, 1.165) is 11.4 Å². The first-order valence-electron chi connectivity index (χ1n) is 5.37. The van der Waals surface area contributed by atoms with Crippen LogP contribution in [0.3, 0.4) is 0 Å². The molecule has 1 heterocycles. The molecule has 2 N–H and O–H groups in total. The molecule has 0 saturated carbocycles. The van der Waals surface area contributed by atoms with Crippen molar-refractivity contribution in [2.24, 2.45) is 0 Å². The van der Waals surface area contributed by atoms with Gasteiger partial charge in [0.1, 0.15) is 5.01 Å². The molecule has 0 unspecified atom stereocenters. The summed E-state index contributed by atoms with van der Waals surface area (Å²) >= 11 is 18.8. The molecule has 0 radical (unpaired) electrons. The zero-order chi connectivity index (χ0) is 14.6. The number of urea groups is 1. The number of alkyl halides is 3. The van der Waals surface area contributed by atoms with Gasteiger partial charge < -0.3 is 15.5 Å². The van der Waals surface area contributed by atoms with Crippen LogP contribution in [0.25, 0.3) is 0 Å². The van der Waals surface area contributed by atoms with E-state index in [0.29, 0.717) is 5.13 Å². The second-order valence-electron chi connectivity index (χ2n) is 3.82. The zero-order valence-corrected chi connectivity index (χ0v) is 13.7. The van der Waals surface area contributed by atoms with Gasteiger partial charge in [-0.3, -0.25) is 0 Å². The van der Waals surface area contributed by atoms with E-state index >= 15 is 0 Å². The van der Waals surface area contributed by atoms with Crippen LogP contribution in [0.1, 0.15) is 11.9 Å². The number of nitrogens with zero attached hydrogens (tertiary/aromatic N) is 3. The molecule has 1 atom stereocenters. The Morgan fingerprint density at radius 1 is 1.42 bits per heavy atom. The number of halogens is 3. The predicted octanol–water partition coefficient (Wildman–Crippen LogP) is 2.48. The molecule has 0 aromatic carbocycles. The molecule has 6 nitrogen and oxygen atoms in total. The molecule has 0 aliphatic rings. The Morgan fingerprint density at radius 3 is 2.47 bits per heavy atom. The number of hydrogen-bond acceptors (Lipinski definition) is 5. The van der Waals surface area contributed by atoms with E-state index < -0.39 is 9.96 Å². The number of aromatic nitrogens is 2. The molecule has 1 aromatic heterocycles.